The molecule has 0 aliphatic heterocycles. The van der Waals surface area contributed by atoms with Gasteiger partial charge < -0.3 is 33.8 Å². The van der Waals surface area contributed by atoms with Gasteiger partial charge in [-0.05, 0) is 37.5 Å². The van der Waals surface area contributed by atoms with Crippen molar-refractivity contribution in [2.45, 2.75) is 285 Å². The highest BCUT2D eigenvalue weighted by Crippen LogP contribution is 2.45. The molecule has 17 nitrogen and oxygen atoms in total. The van der Waals surface area contributed by atoms with E-state index in [0.717, 1.165) is 134 Å². The van der Waals surface area contributed by atoms with E-state index in [1.165, 1.54) is 51.4 Å². The Morgan fingerprint density at radius 1 is 0.387 bits per heavy atom. The van der Waals surface area contributed by atoms with Gasteiger partial charge in [-0.25, -0.2) is 9.13 Å². The first-order chi connectivity index (χ1) is 35.9. The first kappa shape index (κ1) is 73.1. The minimum atomic E-state index is -4.93. The van der Waals surface area contributed by atoms with Crippen LogP contribution in [-0.4, -0.2) is 96.7 Å². The van der Waals surface area contributed by atoms with Crippen LogP contribution in [0, 0.1) is 11.8 Å². The van der Waals surface area contributed by atoms with Crippen molar-refractivity contribution in [3.63, 3.8) is 0 Å². The molecule has 0 aliphatic carbocycles. The molecule has 444 valence electrons. The molecular formula is C56H108O17P2. The molecule has 0 aliphatic rings. The number of hydrogen-bond acceptors (Lipinski definition) is 15. The van der Waals surface area contributed by atoms with Gasteiger partial charge in [-0.3, -0.25) is 37.3 Å². The molecule has 0 fully saturated rings. The summed E-state index contributed by atoms with van der Waals surface area (Å²) in [4.78, 5) is 71.6. The molecule has 6 atom stereocenters. The van der Waals surface area contributed by atoms with Crippen LogP contribution < -0.4 is 0 Å². The van der Waals surface area contributed by atoms with Crippen LogP contribution in [-0.2, 0) is 65.4 Å². The smallest absolute Gasteiger partial charge is 0.462 e. The summed E-state index contributed by atoms with van der Waals surface area (Å²) in [6.45, 7) is 9.26. The van der Waals surface area contributed by atoms with Crippen molar-refractivity contribution in [3.8, 4) is 0 Å². The molecule has 0 bridgehead atoms. The summed E-state index contributed by atoms with van der Waals surface area (Å²) in [6.07, 6.45) is 28.3. The zero-order valence-electron chi connectivity index (χ0n) is 47.8. The lowest BCUT2D eigenvalue weighted by Gasteiger charge is -2.21. The Morgan fingerprint density at radius 3 is 1.01 bits per heavy atom. The maximum absolute atomic E-state index is 12.9. The number of rotatable bonds is 55. The van der Waals surface area contributed by atoms with Crippen molar-refractivity contribution in [3.05, 3.63) is 0 Å². The van der Waals surface area contributed by atoms with E-state index < -0.39 is 97.5 Å². The molecule has 0 heterocycles. The van der Waals surface area contributed by atoms with Gasteiger partial charge in [-0.2, -0.15) is 0 Å². The van der Waals surface area contributed by atoms with Crippen molar-refractivity contribution >= 4 is 39.5 Å². The summed E-state index contributed by atoms with van der Waals surface area (Å²) in [7, 11) is -9.86. The van der Waals surface area contributed by atoms with Crippen molar-refractivity contribution in [2.24, 2.45) is 11.8 Å². The molecule has 0 rings (SSSR count). The highest BCUT2D eigenvalue weighted by molar-refractivity contribution is 7.47. The fourth-order valence-corrected chi connectivity index (χ4v) is 9.66. The second-order valence-corrected chi connectivity index (χ2v) is 23.9. The maximum Gasteiger partial charge on any atom is 0.472 e. The Labute approximate surface area is 454 Å². The Balaban J connectivity index is 5.21. The van der Waals surface area contributed by atoms with Gasteiger partial charge in [-0.15, -0.1) is 0 Å². The van der Waals surface area contributed by atoms with Crippen molar-refractivity contribution in [1.82, 2.24) is 0 Å². The van der Waals surface area contributed by atoms with Crippen molar-refractivity contribution in [2.75, 3.05) is 39.6 Å². The van der Waals surface area contributed by atoms with E-state index in [1.54, 1.807) is 0 Å². The van der Waals surface area contributed by atoms with Gasteiger partial charge in [0.2, 0.25) is 0 Å². The lowest BCUT2D eigenvalue weighted by atomic mass is 10.00. The second-order valence-electron chi connectivity index (χ2n) is 21.0. The van der Waals surface area contributed by atoms with E-state index in [-0.39, 0.29) is 25.7 Å². The highest BCUT2D eigenvalue weighted by atomic mass is 31.2. The summed E-state index contributed by atoms with van der Waals surface area (Å²) in [5.41, 5.74) is 0. The number of carbonyl (C=O) groups is 4. The average molecular weight is 1120 g/mol. The predicted octanol–water partition coefficient (Wildman–Crippen LogP) is 14.5. The molecule has 0 saturated heterocycles. The Morgan fingerprint density at radius 2 is 0.680 bits per heavy atom. The molecule has 0 radical (unpaired) electrons. The van der Waals surface area contributed by atoms with Gasteiger partial charge >= 0.3 is 39.5 Å². The van der Waals surface area contributed by atoms with Crippen LogP contribution in [0.1, 0.15) is 266 Å². The van der Waals surface area contributed by atoms with Crippen LogP contribution in [0.15, 0.2) is 0 Å². The van der Waals surface area contributed by atoms with Crippen LogP contribution in [0.25, 0.3) is 0 Å². The van der Waals surface area contributed by atoms with Gasteiger partial charge in [-0.1, -0.05) is 215 Å². The summed E-state index contributed by atoms with van der Waals surface area (Å²) in [5.74, 6) is -0.708. The van der Waals surface area contributed by atoms with Crippen molar-refractivity contribution < 1.29 is 80.2 Å². The molecule has 0 saturated carbocycles. The number of hydrogen-bond donors (Lipinski definition) is 3. The topological polar surface area (TPSA) is 237 Å². The predicted molar refractivity (Wildman–Crippen MR) is 294 cm³/mol. The van der Waals surface area contributed by atoms with Gasteiger partial charge in [0, 0.05) is 25.7 Å². The minimum absolute atomic E-state index is 0.103. The number of carbonyl (C=O) groups excluding carboxylic acids is 4. The normalized spacial score (nSPS) is 14.9. The summed E-state index contributed by atoms with van der Waals surface area (Å²) in [6, 6.07) is 0. The van der Waals surface area contributed by atoms with Crippen LogP contribution in [0.3, 0.4) is 0 Å². The summed E-state index contributed by atoms with van der Waals surface area (Å²) in [5, 5.41) is 10.5. The Hall–Kier alpha value is -1.94. The van der Waals surface area contributed by atoms with Gasteiger partial charge in [0.1, 0.15) is 19.3 Å². The number of aliphatic hydroxyl groups is 1. The zero-order valence-corrected chi connectivity index (χ0v) is 49.6. The first-order valence-electron chi connectivity index (χ1n) is 29.5. The number of phosphoric acid groups is 2. The Bertz CT molecular complexity index is 1500. The quantitative estimate of drug-likeness (QED) is 0.0222. The van der Waals surface area contributed by atoms with Crippen LogP contribution in [0.5, 0.6) is 0 Å². The largest absolute Gasteiger partial charge is 0.472 e. The lowest BCUT2D eigenvalue weighted by molar-refractivity contribution is -0.161. The molecule has 75 heavy (non-hydrogen) atoms. The molecule has 19 heteroatoms. The maximum atomic E-state index is 12.9. The van der Waals surface area contributed by atoms with Gasteiger partial charge in [0.15, 0.2) is 12.2 Å². The van der Waals surface area contributed by atoms with Gasteiger partial charge in [0.05, 0.1) is 26.4 Å². The van der Waals surface area contributed by atoms with E-state index in [1.807, 2.05) is 0 Å². The van der Waals surface area contributed by atoms with Crippen molar-refractivity contribution in [1.29, 1.82) is 0 Å². The van der Waals surface area contributed by atoms with E-state index in [4.69, 9.17) is 37.0 Å². The second kappa shape index (κ2) is 49.1. The Kier molecular flexibility index (Phi) is 47.9. The number of unbranched alkanes of at least 4 members (excludes halogenated alkanes) is 24. The molecule has 0 aromatic carbocycles. The summed E-state index contributed by atoms with van der Waals surface area (Å²) < 4.78 is 67.4. The molecular weight excluding hydrogens is 1010 g/mol. The molecule has 0 aromatic heterocycles. The molecule has 0 spiro atoms. The number of phosphoric ester groups is 2. The summed E-state index contributed by atoms with van der Waals surface area (Å²) >= 11 is 0. The lowest BCUT2D eigenvalue weighted by Crippen LogP contribution is -2.30. The number of ether oxygens (including phenoxy) is 4. The van der Waals surface area contributed by atoms with Crippen LogP contribution in [0.2, 0.25) is 0 Å². The van der Waals surface area contributed by atoms with Crippen LogP contribution >= 0.6 is 15.6 Å². The zero-order chi connectivity index (χ0) is 55.8. The fraction of sp³-hybridized carbons (Fsp3) is 0.929. The monoisotopic (exact) mass is 1110 g/mol. The van der Waals surface area contributed by atoms with E-state index in [2.05, 4.69) is 41.5 Å². The van der Waals surface area contributed by atoms with E-state index in [9.17, 15) is 43.2 Å². The third kappa shape index (κ3) is 50.1. The molecule has 3 N–H and O–H groups in total. The highest BCUT2D eigenvalue weighted by Gasteiger charge is 2.30. The van der Waals surface area contributed by atoms with E-state index >= 15 is 0 Å². The average Bonchev–Trinajstić information content (AvgIpc) is 3.37. The molecule has 3 unspecified atom stereocenters. The first-order valence-corrected chi connectivity index (χ1v) is 32.5. The standard InChI is InChI=1S/C56H108O17P2/c1-7-10-12-14-18-26-32-38-53(58)66-44-51(72-55(60)40-34-28-19-15-13-11-8-2)46-70-74(62,63)68-42-50(57)43-69-75(64,65)71-47-52(45-67-54(59)39-33-27-23-22-25-31-37-49(6)9-3)73-56(61)41-35-29-21-17-16-20-24-30-36-48(4)5/h48-52,57H,7-47H2,1-6H3,(H,62,63)(H,64,65)/t49?,50-,51+,52+/m0/s1. The SMILES string of the molecule is CCCCCCCCCC(=O)OC[C@H](COP(=O)(O)OC[C@H](O)COP(=O)(O)OC[C@@H](COC(=O)CCCCCCCCC(C)CC)OC(=O)CCCCCCCCCCC(C)C)OC(=O)CCCCCCCCC. The third-order valence-corrected chi connectivity index (χ3v) is 15.0. The van der Waals surface area contributed by atoms with Gasteiger partial charge in [0.25, 0.3) is 0 Å². The number of aliphatic hydroxyl groups excluding tert-OH is 1. The molecule has 0 amide bonds. The fourth-order valence-electron chi connectivity index (χ4n) is 8.08. The third-order valence-electron chi connectivity index (χ3n) is 13.1. The van der Waals surface area contributed by atoms with Crippen LogP contribution in [0.4, 0.5) is 0 Å². The number of esters is 4. The van der Waals surface area contributed by atoms with E-state index in [0.29, 0.717) is 25.7 Å². The molecule has 0 aromatic rings. The minimum Gasteiger partial charge on any atom is -0.462 e.